The second-order valence-corrected chi connectivity index (χ2v) is 9.02. The van der Waals surface area contributed by atoms with Crippen LogP contribution < -0.4 is 4.90 Å². The smallest absolute Gasteiger partial charge is 0.0801 e. The van der Waals surface area contributed by atoms with Crippen LogP contribution in [0.1, 0.15) is 25.8 Å². The molecule has 0 unspecified atom stereocenters. The largest absolute Gasteiger partial charge is 0.377 e. The molecule has 2 nitrogen and oxygen atoms in total. The maximum Gasteiger partial charge on any atom is 0.0801 e. The van der Waals surface area contributed by atoms with Gasteiger partial charge in [-0.1, -0.05) is 85.6 Å². The highest BCUT2D eigenvalue weighted by molar-refractivity contribution is 8.03. The van der Waals surface area contributed by atoms with Crippen molar-refractivity contribution in [3.05, 3.63) is 101 Å². The Labute approximate surface area is 189 Å². The average molecular weight is 436 g/mol. The van der Waals surface area contributed by atoms with Gasteiger partial charge in [-0.3, -0.25) is 0 Å². The number of hydrogen-bond acceptors (Lipinski definition) is 4. The van der Waals surface area contributed by atoms with Gasteiger partial charge in [0.25, 0.3) is 0 Å². The standard InChI is InChI=1S/C26H29NOS2/c1-4-19-28-20-22-14-9-11-16-24(22)29-21(3)13-7-6-8-18-26-27(5-2)23-15-10-12-17-25(23)30-26/h6-18H,3-5,19-20H2,1-2H3/b8-6+,13-7+,26-18-. The van der Waals surface area contributed by atoms with Gasteiger partial charge < -0.3 is 9.64 Å². The van der Waals surface area contributed by atoms with E-state index < -0.39 is 0 Å². The molecule has 0 atom stereocenters. The van der Waals surface area contributed by atoms with Crippen molar-refractivity contribution in [1.82, 2.24) is 0 Å². The lowest BCUT2D eigenvalue weighted by atomic mass is 10.2. The number of benzene rings is 2. The highest BCUT2D eigenvalue weighted by atomic mass is 32.2. The number of fused-ring (bicyclic) bond motifs is 1. The molecule has 0 bridgehead atoms. The number of ether oxygens (including phenoxy) is 1. The van der Waals surface area contributed by atoms with E-state index in [1.807, 2.05) is 17.8 Å². The summed E-state index contributed by atoms with van der Waals surface area (Å²) in [4.78, 5) is 5.88. The van der Waals surface area contributed by atoms with Gasteiger partial charge in [0.1, 0.15) is 0 Å². The van der Waals surface area contributed by atoms with Crippen LogP contribution in [0.3, 0.4) is 0 Å². The molecule has 1 aliphatic heterocycles. The number of allylic oxidation sites excluding steroid dienone is 5. The van der Waals surface area contributed by atoms with Gasteiger partial charge in [-0.15, -0.1) is 0 Å². The summed E-state index contributed by atoms with van der Waals surface area (Å²) in [6, 6.07) is 16.9. The first-order valence-electron chi connectivity index (χ1n) is 10.3. The average Bonchev–Trinajstić information content (AvgIpc) is 3.12. The zero-order valence-electron chi connectivity index (χ0n) is 17.7. The molecule has 2 aromatic rings. The maximum absolute atomic E-state index is 5.71. The van der Waals surface area contributed by atoms with Gasteiger partial charge in [-0.25, -0.2) is 0 Å². The topological polar surface area (TPSA) is 12.5 Å². The van der Waals surface area contributed by atoms with Gasteiger partial charge in [0.15, 0.2) is 0 Å². The van der Waals surface area contributed by atoms with E-state index in [1.54, 1.807) is 11.8 Å². The normalized spacial score (nSPS) is 14.9. The molecule has 0 amide bonds. The molecular weight excluding hydrogens is 406 g/mol. The fourth-order valence-electron chi connectivity index (χ4n) is 3.09. The zero-order chi connectivity index (χ0) is 21.2. The van der Waals surface area contributed by atoms with Crippen molar-refractivity contribution < 1.29 is 4.74 Å². The van der Waals surface area contributed by atoms with E-state index in [9.17, 15) is 0 Å². The minimum absolute atomic E-state index is 0.648. The third kappa shape index (κ3) is 6.18. The van der Waals surface area contributed by atoms with Gasteiger partial charge in [-0.2, -0.15) is 0 Å². The molecule has 1 heterocycles. The highest BCUT2D eigenvalue weighted by Gasteiger charge is 2.22. The first-order chi connectivity index (χ1) is 14.7. The van der Waals surface area contributed by atoms with Crippen molar-refractivity contribution >= 4 is 29.2 Å². The molecule has 4 heteroatoms. The first-order valence-corrected chi connectivity index (χ1v) is 12.0. The van der Waals surface area contributed by atoms with Crippen molar-refractivity contribution in [2.24, 2.45) is 0 Å². The molecule has 1 aliphatic rings. The fourth-order valence-corrected chi connectivity index (χ4v) is 5.07. The minimum Gasteiger partial charge on any atom is -0.377 e. The summed E-state index contributed by atoms with van der Waals surface area (Å²) in [5, 5.41) is 1.26. The summed E-state index contributed by atoms with van der Waals surface area (Å²) >= 11 is 3.51. The van der Waals surface area contributed by atoms with Gasteiger partial charge in [0.05, 0.1) is 17.3 Å². The van der Waals surface area contributed by atoms with E-state index >= 15 is 0 Å². The number of thioether (sulfide) groups is 2. The lowest BCUT2D eigenvalue weighted by Crippen LogP contribution is -2.16. The van der Waals surface area contributed by atoms with E-state index in [-0.39, 0.29) is 0 Å². The van der Waals surface area contributed by atoms with Crippen LogP contribution in [-0.2, 0) is 11.3 Å². The molecule has 0 aliphatic carbocycles. The third-order valence-corrected chi connectivity index (χ3v) is 6.66. The van der Waals surface area contributed by atoms with E-state index in [4.69, 9.17) is 4.74 Å². The van der Waals surface area contributed by atoms with Gasteiger partial charge in [0, 0.05) is 27.8 Å². The third-order valence-electron chi connectivity index (χ3n) is 4.52. The SMILES string of the molecule is C=C(/C=C/C=C/C=C1\Sc2ccccc2N1CC)Sc1ccccc1COCCC. The van der Waals surface area contributed by atoms with Crippen LogP contribution in [-0.4, -0.2) is 13.2 Å². The molecular formula is C26H29NOS2. The molecule has 0 N–H and O–H groups in total. The second kappa shape index (κ2) is 11.9. The number of rotatable bonds is 10. The number of anilines is 1. The molecule has 0 radical (unpaired) electrons. The van der Waals surface area contributed by atoms with Crippen LogP contribution in [0.25, 0.3) is 0 Å². The Kier molecular flexibility index (Phi) is 8.94. The van der Waals surface area contributed by atoms with Gasteiger partial charge in [0.2, 0.25) is 0 Å². The summed E-state index contributed by atoms with van der Waals surface area (Å²) in [6.07, 6.45) is 11.5. The Balaban J connectivity index is 1.55. The monoisotopic (exact) mass is 435 g/mol. The molecule has 2 aromatic carbocycles. The summed E-state index contributed by atoms with van der Waals surface area (Å²) in [6.45, 7) is 10.9. The quantitative estimate of drug-likeness (QED) is 0.214. The van der Waals surface area contributed by atoms with E-state index in [2.05, 4.69) is 98.2 Å². The van der Waals surface area contributed by atoms with Crippen molar-refractivity contribution in [2.45, 2.75) is 36.7 Å². The molecule has 3 rings (SSSR count). The van der Waals surface area contributed by atoms with Crippen molar-refractivity contribution in [3.63, 3.8) is 0 Å². The number of para-hydroxylation sites is 1. The summed E-state index contributed by atoms with van der Waals surface area (Å²) < 4.78 is 5.71. The van der Waals surface area contributed by atoms with Crippen LogP contribution in [0.15, 0.2) is 105 Å². The first kappa shape index (κ1) is 22.5. The van der Waals surface area contributed by atoms with E-state index in [0.29, 0.717) is 6.61 Å². The molecule has 156 valence electrons. The maximum atomic E-state index is 5.71. The molecule has 0 spiro atoms. The van der Waals surface area contributed by atoms with E-state index in [0.717, 1.165) is 24.5 Å². The predicted octanol–water partition coefficient (Wildman–Crippen LogP) is 7.81. The highest BCUT2D eigenvalue weighted by Crippen LogP contribution is 2.45. The van der Waals surface area contributed by atoms with E-state index in [1.165, 1.54) is 26.1 Å². The summed E-state index contributed by atoms with van der Waals surface area (Å²) in [7, 11) is 0. The van der Waals surface area contributed by atoms with Crippen LogP contribution in [0.4, 0.5) is 5.69 Å². The predicted molar refractivity (Wildman–Crippen MR) is 133 cm³/mol. The van der Waals surface area contributed by atoms with Crippen LogP contribution >= 0.6 is 23.5 Å². The summed E-state index contributed by atoms with van der Waals surface area (Å²) in [5.41, 5.74) is 2.51. The molecule has 0 saturated carbocycles. The number of hydrogen-bond donors (Lipinski definition) is 0. The fraction of sp³-hybridized carbons (Fsp3) is 0.231. The molecule has 0 saturated heterocycles. The van der Waals surface area contributed by atoms with Gasteiger partial charge >= 0.3 is 0 Å². The Bertz CT molecular complexity index is 946. The molecule has 30 heavy (non-hydrogen) atoms. The van der Waals surface area contributed by atoms with Crippen molar-refractivity contribution in [2.75, 3.05) is 18.1 Å². The molecule has 0 fully saturated rings. The van der Waals surface area contributed by atoms with Crippen LogP contribution in [0.5, 0.6) is 0 Å². The zero-order valence-corrected chi connectivity index (χ0v) is 19.3. The lowest BCUT2D eigenvalue weighted by molar-refractivity contribution is 0.120. The Morgan fingerprint density at radius 2 is 1.87 bits per heavy atom. The number of nitrogens with zero attached hydrogens (tertiary/aromatic N) is 1. The van der Waals surface area contributed by atoms with Crippen molar-refractivity contribution in [1.29, 1.82) is 0 Å². The Morgan fingerprint density at radius 3 is 2.70 bits per heavy atom. The second-order valence-electron chi connectivity index (χ2n) is 6.79. The minimum atomic E-state index is 0.648. The summed E-state index contributed by atoms with van der Waals surface area (Å²) in [5.74, 6) is 0. The van der Waals surface area contributed by atoms with Crippen LogP contribution in [0, 0.1) is 0 Å². The Hall–Kier alpha value is -2.14. The Morgan fingerprint density at radius 1 is 1.07 bits per heavy atom. The van der Waals surface area contributed by atoms with Crippen molar-refractivity contribution in [3.8, 4) is 0 Å². The van der Waals surface area contributed by atoms with Crippen LogP contribution in [0.2, 0.25) is 0 Å². The molecule has 0 aromatic heterocycles. The lowest BCUT2D eigenvalue weighted by Gasteiger charge is -2.17. The van der Waals surface area contributed by atoms with Gasteiger partial charge in [-0.05, 0) is 49.3 Å².